The van der Waals surface area contributed by atoms with Crippen molar-refractivity contribution in [3.63, 3.8) is 0 Å². The summed E-state index contributed by atoms with van der Waals surface area (Å²) >= 11 is 0. The maximum atomic E-state index is 11.5. The van der Waals surface area contributed by atoms with E-state index >= 15 is 0 Å². The quantitative estimate of drug-likeness (QED) is 0.825. The Hall–Kier alpha value is -2.50. The monoisotopic (exact) mass is 234 g/mol. The molecule has 0 aliphatic rings. The maximum absolute atomic E-state index is 11.5. The van der Waals surface area contributed by atoms with Gasteiger partial charge in [-0.15, -0.1) is 0 Å². The van der Waals surface area contributed by atoms with Crippen molar-refractivity contribution in [1.82, 2.24) is 9.55 Å². The first-order chi connectivity index (χ1) is 8.11. The number of aromatic carboxylic acids is 1. The highest BCUT2D eigenvalue weighted by molar-refractivity contribution is 5.85. The van der Waals surface area contributed by atoms with Crippen LogP contribution in [0, 0.1) is 0 Å². The number of rotatable bonds is 3. The number of carboxylic acid groups (broad SMARTS) is 1. The molecule has 0 aliphatic heterocycles. The maximum Gasteiger partial charge on any atom is 0.354 e. The van der Waals surface area contributed by atoms with E-state index in [0.717, 1.165) is 0 Å². The van der Waals surface area contributed by atoms with Crippen LogP contribution in [-0.2, 0) is 0 Å². The molecule has 1 heterocycles. The van der Waals surface area contributed by atoms with Gasteiger partial charge in [-0.1, -0.05) is 0 Å². The molecule has 6 nitrogen and oxygen atoms in total. The number of hydrogen-bond acceptors (Lipinski definition) is 3. The molecule has 17 heavy (non-hydrogen) atoms. The number of nitrogens with zero attached hydrogens (tertiary/aromatic N) is 1. The zero-order chi connectivity index (χ0) is 12.4. The van der Waals surface area contributed by atoms with Crippen LogP contribution in [0.2, 0.25) is 0 Å². The van der Waals surface area contributed by atoms with E-state index in [1.165, 1.54) is 10.8 Å². The van der Waals surface area contributed by atoms with Gasteiger partial charge in [0.05, 0.1) is 12.8 Å². The highest BCUT2D eigenvalue weighted by atomic mass is 16.5. The van der Waals surface area contributed by atoms with Gasteiger partial charge in [-0.05, 0) is 24.3 Å². The zero-order valence-corrected chi connectivity index (χ0v) is 9.01. The van der Waals surface area contributed by atoms with Gasteiger partial charge >= 0.3 is 11.7 Å². The van der Waals surface area contributed by atoms with Crippen LogP contribution in [-0.4, -0.2) is 27.7 Å². The van der Waals surface area contributed by atoms with Crippen LogP contribution in [0.1, 0.15) is 10.5 Å². The SMILES string of the molecule is COc1ccc(-n2cc(C(=O)O)[nH]c2=O)cc1. The van der Waals surface area contributed by atoms with E-state index in [9.17, 15) is 9.59 Å². The minimum absolute atomic E-state index is 0.147. The van der Waals surface area contributed by atoms with Gasteiger partial charge in [0.15, 0.2) is 0 Å². The predicted octanol–water partition coefficient (Wildman–Crippen LogP) is 0.872. The topological polar surface area (TPSA) is 84.3 Å². The zero-order valence-electron chi connectivity index (χ0n) is 9.01. The average molecular weight is 234 g/mol. The number of carboxylic acids is 1. The van der Waals surface area contributed by atoms with Crippen LogP contribution in [0.15, 0.2) is 35.3 Å². The van der Waals surface area contributed by atoms with Gasteiger partial charge in [0.25, 0.3) is 0 Å². The molecule has 2 rings (SSSR count). The number of aromatic nitrogens is 2. The third kappa shape index (κ3) is 2.05. The summed E-state index contributed by atoms with van der Waals surface area (Å²) in [5.41, 5.74) is -0.0714. The Morgan fingerprint density at radius 1 is 1.35 bits per heavy atom. The molecule has 0 saturated heterocycles. The van der Waals surface area contributed by atoms with E-state index in [1.54, 1.807) is 31.4 Å². The molecule has 0 radical (unpaired) electrons. The summed E-state index contributed by atoms with van der Waals surface area (Å²) in [4.78, 5) is 24.5. The molecule has 2 aromatic rings. The van der Waals surface area contributed by atoms with Crippen molar-refractivity contribution in [2.75, 3.05) is 7.11 Å². The van der Waals surface area contributed by atoms with Gasteiger partial charge in [0.1, 0.15) is 11.4 Å². The fraction of sp³-hybridized carbons (Fsp3) is 0.0909. The van der Waals surface area contributed by atoms with Crippen molar-refractivity contribution in [2.45, 2.75) is 0 Å². The number of carbonyl (C=O) groups is 1. The Balaban J connectivity index is 2.45. The largest absolute Gasteiger partial charge is 0.497 e. The lowest BCUT2D eigenvalue weighted by atomic mass is 10.3. The van der Waals surface area contributed by atoms with Crippen LogP contribution in [0.5, 0.6) is 5.75 Å². The van der Waals surface area contributed by atoms with Gasteiger partial charge in [-0.3, -0.25) is 9.55 Å². The first kappa shape index (κ1) is 11.0. The Morgan fingerprint density at radius 3 is 2.47 bits per heavy atom. The minimum atomic E-state index is -1.17. The van der Waals surface area contributed by atoms with Crippen molar-refractivity contribution in [1.29, 1.82) is 0 Å². The second kappa shape index (κ2) is 4.17. The van der Waals surface area contributed by atoms with Gasteiger partial charge in [0, 0.05) is 6.20 Å². The van der Waals surface area contributed by atoms with Crippen molar-refractivity contribution in [3.05, 3.63) is 46.6 Å². The number of aromatic amines is 1. The predicted molar refractivity (Wildman–Crippen MR) is 59.9 cm³/mol. The van der Waals surface area contributed by atoms with E-state index in [0.29, 0.717) is 11.4 Å². The van der Waals surface area contributed by atoms with Crippen LogP contribution < -0.4 is 10.4 Å². The van der Waals surface area contributed by atoms with E-state index in [-0.39, 0.29) is 5.69 Å². The Kier molecular flexibility index (Phi) is 2.70. The lowest BCUT2D eigenvalue weighted by Crippen LogP contribution is -2.14. The molecule has 0 saturated carbocycles. The Morgan fingerprint density at radius 2 is 2.00 bits per heavy atom. The highest BCUT2D eigenvalue weighted by Crippen LogP contribution is 2.13. The number of imidazole rings is 1. The number of methoxy groups -OCH3 is 1. The number of hydrogen-bond donors (Lipinski definition) is 2. The van der Waals surface area contributed by atoms with Crippen LogP contribution >= 0.6 is 0 Å². The van der Waals surface area contributed by atoms with Gasteiger partial charge in [-0.2, -0.15) is 0 Å². The number of benzene rings is 1. The lowest BCUT2D eigenvalue weighted by Gasteiger charge is -2.02. The molecule has 0 spiro atoms. The molecule has 0 amide bonds. The molecule has 0 atom stereocenters. The summed E-state index contributed by atoms with van der Waals surface area (Å²) in [7, 11) is 1.54. The van der Waals surface area contributed by atoms with Gasteiger partial charge in [0.2, 0.25) is 0 Å². The first-order valence-electron chi connectivity index (χ1n) is 4.81. The first-order valence-corrected chi connectivity index (χ1v) is 4.81. The Bertz CT molecular complexity index is 595. The third-order valence-electron chi connectivity index (χ3n) is 2.30. The molecule has 0 fully saturated rings. The summed E-state index contributed by atoms with van der Waals surface area (Å²) in [5, 5.41) is 8.75. The number of H-pyrrole nitrogens is 1. The van der Waals surface area contributed by atoms with Crippen molar-refractivity contribution >= 4 is 5.97 Å². The summed E-state index contributed by atoms with van der Waals surface area (Å²) in [6, 6.07) is 6.71. The van der Waals surface area contributed by atoms with Crippen LogP contribution in [0.4, 0.5) is 0 Å². The fourth-order valence-corrected chi connectivity index (χ4v) is 1.44. The molecular formula is C11H10N2O4. The number of ether oxygens (including phenoxy) is 1. The van der Waals surface area contributed by atoms with E-state index in [1.807, 2.05) is 0 Å². The molecule has 6 heteroatoms. The highest BCUT2D eigenvalue weighted by Gasteiger charge is 2.10. The normalized spacial score (nSPS) is 10.2. The molecular weight excluding hydrogens is 224 g/mol. The Labute approximate surface area is 96.1 Å². The van der Waals surface area contributed by atoms with Gasteiger partial charge < -0.3 is 9.84 Å². The van der Waals surface area contributed by atoms with Crippen molar-refractivity contribution < 1.29 is 14.6 Å². The van der Waals surface area contributed by atoms with E-state index < -0.39 is 11.7 Å². The lowest BCUT2D eigenvalue weighted by molar-refractivity contribution is 0.0691. The average Bonchev–Trinajstić information content (AvgIpc) is 2.72. The second-order valence-corrected chi connectivity index (χ2v) is 3.35. The smallest absolute Gasteiger partial charge is 0.354 e. The van der Waals surface area contributed by atoms with Crippen LogP contribution in [0.25, 0.3) is 5.69 Å². The third-order valence-corrected chi connectivity index (χ3v) is 2.30. The van der Waals surface area contributed by atoms with Gasteiger partial charge in [-0.25, -0.2) is 9.59 Å². The fourth-order valence-electron chi connectivity index (χ4n) is 1.44. The van der Waals surface area contributed by atoms with Crippen LogP contribution in [0.3, 0.4) is 0 Å². The minimum Gasteiger partial charge on any atom is -0.497 e. The molecule has 1 aromatic carbocycles. The molecule has 1 aromatic heterocycles. The summed E-state index contributed by atoms with van der Waals surface area (Å²) < 4.78 is 6.21. The number of nitrogens with one attached hydrogen (secondary N) is 1. The summed E-state index contributed by atoms with van der Waals surface area (Å²) in [5.74, 6) is -0.509. The summed E-state index contributed by atoms with van der Waals surface area (Å²) in [6.45, 7) is 0. The summed E-state index contributed by atoms with van der Waals surface area (Å²) in [6.07, 6.45) is 1.24. The standard InChI is InChI=1S/C11H10N2O4/c1-17-8-4-2-7(3-5-8)13-6-9(10(14)15)12-11(13)16/h2-6H,1H3,(H,12,16)(H,14,15). The second-order valence-electron chi connectivity index (χ2n) is 3.35. The molecule has 88 valence electrons. The molecule has 0 unspecified atom stereocenters. The van der Waals surface area contributed by atoms with Crippen molar-refractivity contribution in [2.24, 2.45) is 0 Å². The van der Waals surface area contributed by atoms with E-state index in [4.69, 9.17) is 9.84 Å². The molecule has 0 aliphatic carbocycles. The van der Waals surface area contributed by atoms with E-state index in [2.05, 4.69) is 4.98 Å². The molecule has 0 bridgehead atoms. The molecule has 2 N–H and O–H groups in total. The van der Waals surface area contributed by atoms with Crippen molar-refractivity contribution in [3.8, 4) is 11.4 Å².